The standard InChI is InChI=1S/C13H23N3OS/c1-7(2)6-11(14)13(17)16-9(4)12-8(3)15-10(5)18-12/h7,9,11H,6,14H2,1-5H3,(H,16,17)/t9?,11-/m0/s1. The second-order valence-corrected chi connectivity index (χ2v) is 6.38. The van der Waals surface area contributed by atoms with Gasteiger partial charge in [0, 0.05) is 4.88 Å². The van der Waals surface area contributed by atoms with E-state index >= 15 is 0 Å². The summed E-state index contributed by atoms with van der Waals surface area (Å²) < 4.78 is 0. The maximum atomic E-state index is 11.9. The van der Waals surface area contributed by atoms with Crippen molar-refractivity contribution in [3.05, 3.63) is 15.6 Å². The average molecular weight is 269 g/mol. The highest BCUT2D eigenvalue weighted by Gasteiger charge is 2.20. The summed E-state index contributed by atoms with van der Waals surface area (Å²) in [6.07, 6.45) is 0.708. The highest BCUT2D eigenvalue weighted by atomic mass is 32.1. The van der Waals surface area contributed by atoms with Crippen LogP contribution in [0.4, 0.5) is 0 Å². The first-order chi connectivity index (χ1) is 8.31. The molecular formula is C13H23N3OS. The number of carbonyl (C=O) groups is 1. The first-order valence-corrected chi connectivity index (χ1v) is 7.12. The number of hydrogen-bond acceptors (Lipinski definition) is 4. The molecule has 0 saturated heterocycles. The Bertz CT molecular complexity index is 414. The first kappa shape index (κ1) is 15.1. The van der Waals surface area contributed by atoms with E-state index < -0.39 is 6.04 Å². The highest BCUT2D eigenvalue weighted by molar-refractivity contribution is 7.11. The smallest absolute Gasteiger partial charge is 0.237 e. The van der Waals surface area contributed by atoms with Gasteiger partial charge >= 0.3 is 0 Å². The minimum absolute atomic E-state index is 0.0260. The Morgan fingerprint density at radius 1 is 1.39 bits per heavy atom. The highest BCUT2D eigenvalue weighted by Crippen LogP contribution is 2.24. The maximum absolute atomic E-state index is 11.9. The predicted molar refractivity (Wildman–Crippen MR) is 75.6 cm³/mol. The molecule has 0 aliphatic rings. The molecule has 1 rings (SSSR count). The Hall–Kier alpha value is -0.940. The van der Waals surface area contributed by atoms with Crippen molar-refractivity contribution >= 4 is 17.2 Å². The molecule has 0 saturated carbocycles. The van der Waals surface area contributed by atoms with Crippen LogP contribution in [0.5, 0.6) is 0 Å². The molecule has 1 unspecified atom stereocenters. The molecule has 4 nitrogen and oxygen atoms in total. The van der Waals surface area contributed by atoms with Crippen LogP contribution >= 0.6 is 11.3 Å². The third-order valence-corrected chi connectivity index (χ3v) is 4.01. The van der Waals surface area contributed by atoms with Crippen molar-refractivity contribution in [2.45, 2.75) is 53.1 Å². The van der Waals surface area contributed by atoms with E-state index in [-0.39, 0.29) is 11.9 Å². The molecule has 0 fully saturated rings. The second-order valence-electron chi connectivity index (χ2n) is 5.15. The zero-order chi connectivity index (χ0) is 13.9. The van der Waals surface area contributed by atoms with E-state index in [2.05, 4.69) is 24.1 Å². The van der Waals surface area contributed by atoms with Gasteiger partial charge in [-0.05, 0) is 33.1 Å². The van der Waals surface area contributed by atoms with E-state index in [1.807, 2.05) is 20.8 Å². The first-order valence-electron chi connectivity index (χ1n) is 6.31. The largest absolute Gasteiger partial charge is 0.347 e. The maximum Gasteiger partial charge on any atom is 0.237 e. The minimum Gasteiger partial charge on any atom is -0.347 e. The molecule has 102 valence electrons. The van der Waals surface area contributed by atoms with Gasteiger partial charge in [0.1, 0.15) is 0 Å². The molecule has 1 amide bonds. The molecule has 1 aromatic rings. The van der Waals surface area contributed by atoms with Crippen molar-refractivity contribution in [2.24, 2.45) is 11.7 Å². The normalized spacial score (nSPS) is 14.6. The van der Waals surface area contributed by atoms with Gasteiger partial charge in [-0.25, -0.2) is 4.98 Å². The fourth-order valence-corrected chi connectivity index (χ4v) is 2.88. The molecule has 0 spiro atoms. The summed E-state index contributed by atoms with van der Waals surface area (Å²) in [6, 6.07) is -0.455. The topological polar surface area (TPSA) is 68.0 Å². The third-order valence-electron chi connectivity index (χ3n) is 2.75. The van der Waals surface area contributed by atoms with Crippen LogP contribution < -0.4 is 11.1 Å². The van der Waals surface area contributed by atoms with Gasteiger partial charge in [0.25, 0.3) is 0 Å². The number of aromatic nitrogens is 1. The van der Waals surface area contributed by atoms with Crippen molar-refractivity contribution in [2.75, 3.05) is 0 Å². The number of rotatable bonds is 5. The van der Waals surface area contributed by atoms with E-state index in [9.17, 15) is 4.79 Å². The Balaban J connectivity index is 2.62. The number of carbonyl (C=O) groups excluding carboxylic acids is 1. The van der Waals surface area contributed by atoms with Crippen molar-refractivity contribution < 1.29 is 4.79 Å². The fourth-order valence-electron chi connectivity index (χ4n) is 1.95. The molecular weight excluding hydrogens is 246 g/mol. The predicted octanol–water partition coefficient (Wildman–Crippen LogP) is 2.31. The monoisotopic (exact) mass is 269 g/mol. The molecule has 18 heavy (non-hydrogen) atoms. The zero-order valence-corrected chi connectivity index (χ0v) is 12.6. The van der Waals surface area contributed by atoms with Gasteiger partial charge in [-0.2, -0.15) is 0 Å². The SMILES string of the molecule is Cc1nc(C)c(C(C)NC(=O)[C@@H](N)CC(C)C)s1. The fraction of sp³-hybridized carbons (Fsp3) is 0.692. The molecule has 5 heteroatoms. The summed E-state index contributed by atoms with van der Waals surface area (Å²) in [6.45, 7) is 10.0. The van der Waals surface area contributed by atoms with E-state index in [4.69, 9.17) is 5.73 Å². The zero-order valence-electron chi connectivity index (χ0n) is 11.8. The average Bonchev–Trinajstić information content (AvgIpc) is 2.56. The lowest BCUT2D eigenvalue weighted by molar-refractivity contribution is -0.123. The molecule has 0 radical (unpaired) electrons. The molecule has 1 aromatic heterocycles. The number of aryl methyl sites for hydroxylation is 2. The van der Waals surface area contributed by atoms with Crippen molar-refractivity contribution in [1.82, 2.24) is 10.3 Å². The van der Waals surface area contributed by atoms with Gasteiger partial charge in [0.15, 0.2) is 0 Å². The molecule has 0 aliphatic carbocycles. The van der Waals surface area contributed by atoms with Crippen molar-refractivity contribution in [1.29, 1.82) is 0 Å². The van der Waals surface area contributed by atoms with Crippen LogP contribution in [0, 0.1) is 19.8 Å². The molecule has 2 atom stereocenters. The van der Waals surface area contributed by atoms with E-state index in [1.165, 1.54) is 0 Å². The Kier molecular flexibility index (Phi) is 5.28. The molecule has 0 aromatic carbocycles. The van der Waals surface area contributed by atoms with E-state index in [1.54, 1.807) is 11.3 Å². The number of thiazole rings is 1. The van der Waals surface area contributed by atoms with Crippen LogP contribution in [0.3, 0.4) is 0 Å². The summed E-state index contributed by atoms with van der Waals surface area (Å²) in [5.41, 5.74) is 6.85. The van der Waals surface area contributed by atoms with Gasteiger partial charge < -0.3 is 11.1 Å². The number of amides is 1. The Morgan fingerprint density at radius 3 is 2.44 bits per heavy atom. The summed E-state index contributed by atoms with van der Waals surface area (Å²) in [4.78, 5) is 17.4. The van der Waals surface area contributed by atoms with Crippen LogP contribution in [-0.2, 0) is 4.79 Å². The van der Waals surface area contributed by atoms with Gasteiger partial charge in [0.05, 0.1) is 22.8 Å². The number of nitrogens with zero attached hydrogens (tertiary/aromatic N) is 1. The van der Waals surface area contributed by atoms with E-state index in [0.717, 1.165) is 15.6 Å². The molecule has 3 N–H and O–H groups in total. The summed E-state index contributed by atoms with van der Waals surface area (Å²) in [5.74, 6) is 0.343. The van der Waals surface area contributed by atoms with E-state index in [0.29, 0.717) is 12.3 Å². The van der Waals surface area contributed by atoms with Gasteiger partial charge in [-0.15, -0.1) is 11.3 Å². The lowest BCUT2D eigenvalue weighted by Crippen LogP contribution is -2.42. The van der Waals surface area contributed by atoms with Crippen LogP contribution in [-0.4, -0.2) is 16.9 Å². The second kappa shape index (κ2) is 6.29. The lowest BCUT2D eigenvalue weighted by Gasteiger charge is -2.18. The summed E-state index contributed by atoms with van der Waals surface area (Å²) in [5, 5.41) is 3.99. The van der Waals surface area contributed by atoms with Crippen molar-refractivity contribution in [3.8, 4) is 0 Å². The summed E-state index contributed by atoms with van der Waals surface area (Å²) >= 11 is 1.62. The van der Waals surface area contributed by atoms with Crippen molar-refractivity contribution in [3.63, 3.8) is 0 Å². The molecule has 1 heterocycles. The third kappa shape index (κ3) is 4.07. The van der Waals surface area contributed by atoms with Gasteiger partial charge in [-0.1, -0.05) is 13.8 Å². The van der Waals surface area contributed by atoms with Crippen LogP contribution in [0.1, 0.15) is 48.8 Å². The van der Waals surface area contributed by atoms with Crippen LogP contribution in [0.2, 0.25) is 0 Å². The quantitative estimate of drug-likeness (QED) is 0.862. The lowest BCUT2D eigenvalue weighted by atomic mass is 10.0. The number of nitrogens with one attached hydrogen (secondary N) is 1. The molecule has 0 aliphatic heterocycles. The van der Waals surface area contributed by atoms with Gasteiger partial charge in [0.2, 0.25) is 5.91 Å². The summed E-state index contributed by atoms with van der Waals surface area (Å²) in [7, 11) is 0. The Labute approximate surface area is 113 Å². The van der Waals surface area contributed by atoms with Crippen LogP contribution in [0.25, 0.3) is 0 Å². The Morgan fingerprint density at radius 2 is 2.00 bits per heavy atom. The number of hydrogen-bond donors (Lipinski definition) is 2. The van der Waals surface area contributed by atoms with Gasteiger partial charge in [-0.3, -0.25) is 4.79 Å². The number of nitrogens with two attached hydrogens (primary N) is 1. The van der Waals surface area contributed by atoms with Crippen LogP contribution in [0.15, 0.2) is 0 Å². The minimum atomic E-state index is -0.429. The molecule has 0 bridgehead atoms.